The highest BCUT2D eigenvalue weighted by molar-refractivity contribution is 8.18. The molecule has 2 fully saturated rings. The van der Waals surface area contributed by atoms with Crippen molar-refractivity contribution >= 4 is 29.5 Å². The number of rotatable bonds is 4. The van der Waals surface area contributed by atoms with Crippen LogP contribution in [0.5, 0.6) is 5.75 Å². The van der Waals surface area contributed by atoms with Crippen molar-refractivity contribution in [2.24, 2.45) is 0 Å². The van der Waals surface area contributed by atoms with E-state index in [-0.39, 0.29) is 16.1 Å². The van der Waals surface area contributed by atoms with E-state index in [9.17, 15) is 4.79 Å². The van der Waals surface area contributed by atoms with Crippen LogP contribution in [0.1, 0.15) is 18.4 Å². The number of likely N-dealkylation sites (tertiary alicyclic amines) is 1. The van der Waals surface area contributed by atoms with E-state index >= 15 is 0 Å². The highest BCUT2D eigenvalue weighted by Gasteiger charge is 2.48. The predicted octanol–water partition coefficient (Wildman–Crippen LogP) is 3.01. The van der Waals surface area contributed by atoms with Gasteiger partial charge in [-0.15, -0.1) is 23.5 Å². The molecular weight excluding hydrogens is 330 g/mol. The molecule has 0 radical (unpaired) electrons. The fraction of sp³-hybridized carbons (Fsp3) is 0.588. The molecule has 1 atom stereocenters. The summed E-state index contributed by atoms with van der Waals surface area (Å²) >= 11 is 4.04. The molecule has 1 spiro atoms. The molecule has 3 rings (SSSR count). The summed E-state index contributed by atoms with van der Waals surface area (Å²) in [6.07, 6.45) is 2.14. The maximum Gasteiger partial charge on any atom is 0.323 e. The van der Waals surface area contributed by atoms with Gasteiger partial charge in [-0.3, -0.25) is 9.69 Å². The zero-order valence-electron chi connectivity index (χ0n) is 13.6. The molecular formula is C17H23NO3S2. The van der Waals surface area contributed by atoms with Crippen molar-refractivity contribution < 1.29 is 14.3 Å². The minimum Gasteiger partial charge on any atom is -0.497 e. The van der Waals surface area contributed by atoms with Crippen molar-refractivity contribution in [1.29, 1.82) is 0 Å². The second kappa shape index (κ2) is 7.36. The third kappa shape index (κ3) is 3.80. The fourth-order valence-corrected chi connectivity index (χ4v) is 6.64. The Kier molecular flexibility index (Phi) is 5.44. The third-order valence-electron chi connectivity index (χ3n) is 4.43. The number of carbonyl (C=O) groups is 1. The van der Waals surface area contributed by atoms with Crippen LogP contribution in [0.3, 0.4) is 0 Å². The summed E-state index contributed by atoms with van der Waals surface area (Å²) in [5.74, 6) is 3.13. The molecule has 1 aromatic carbocycles. The van der Waals surface area contributed by atoms with Crippen molar-refractivity contribution in [2.45, 2.75) is 29.5 Å². The molecule has 0 aromatic heterocycles. The summed E-state index contributed by atoms with van der Waals surface area (Å²) in [5.41, 5.74) is 1.20. The molecule has 0 bridgehead atoms. The summed E-state index contributed by atoms with van der Waals surface area (Å²) in [7, 11) is 3.16. The number of hydrogen-bond acceptors (Lipinski definition) is 6. The van der Waals surface area contributed by atoms with Gasteiger partial charge in [0.05, 0.1) is 18.3 Å². The van der Waals surface area contributed by atoms with Crippen LogP contribution in [0.2, 0.25) is 0 Å². The Morgan fingerprint density at radius 1 is 1.26 bits per heavy atom. The van der Waals surface area contributed by atoms with Crippen LogP contribution < -0.4 is 4.74 Å². The number of ether oxygens (including phenoxy) is 2. The predicted molar refractivity (Wildman–Crippen MR) is 96.1 cm³/mol. The van der Waals surface area contributed by atoms with E-state index in [1.165, 1.54) is 30.6 Å². The van der Waals surface area contributed by atoms with E-state index in [0.717, 1.165) is 25.3 Å². The van der Waals surface area contributed by atoms with Crippen molar-refractivity contribution in [3.05, 3.63) is 29.8 Å². The normalized spacial score (nSPS) is 23.8. The van der Waals surface area contributed by atoms with Gasteiger partial charge in [-0.25, -0.2) is 0 Å². The minimum atomic E-state index is -0.139. The lowest BCUT2D eigenvalue weighted by molar-refractivity contribution is -0.146. The third-order valence-corrected chi connectivity index (χ3v) is 7.76. The minimum absolute atomic E-state index is 0.109. The second-order valence-corrected chi connectivity index (χ2v) is 9.17. The van der Waals surface area contributed by atoms with Gasteiger partial charge in [0.1, 0.15) is 11.8 Å². The van der Waals surface area contributed by atoms with Gasteiger partial charge in [0.2, 0.25) is 0 Å². The first-order chi connectivity index (χ1) is 11.2. The van der Waals surface area contributed by atoms with Gasteiger partial charge in [0, 0.05) is 13.1 Å². The molecule has 23 heavy (non-hydrogen) atoms. The van der Waals surface area contributed by atoms with Gasteiger partial charge in [-0.05, 0) is 42.0 Å². The Hall–Kier alpha value is -0.850. The second-order valence-electron chi connectivity index (χ2n) is 5.96. The summed E-state index contributed by atoms with van der Waals surface area (Å²) in [6, 6.07) is 7.94. The molecule has 2 saturated heterocycles. The number of hydrogen-bond donors (Lipinski definition) is 0. The van der Waals surface area contributed by atoms with E-state index in [2.05, 4.69) is 17.0 Å². The van der Waals surface area contributed by atoms with Crippen molar-refractivity contribution in [3.8, 4) is 5.75 Å². The van der Waals surface area contributed by atoms with Gasteiger partial charge in [-0.1, -0.05) is 12.1 Å². The molecule has 2 heterocycles. The molecule has 0 saturated carbocycles. The van der Waals surface area contributed by atoms with Crippen LogP contribution in [0.25, 0.3) is 0 Å². The Labute approximate surface area is 146 Å². The summed E-state index contributed by atoms with van der Waals surface area (Å²) in [5, 5.41) is 0. The Bertz CT molecular complexity index is 543. The molecule has 0 amide bonds. The molecule has 4 nitrogen and oxygen atoms in total. The lowest BCUT2D eigenvalue weighted by Gasteiger charge is -2.32. The van der Waals surface area contributed by atoms with E-state index in [4.69, 9.17) is 9.47 Å². The maximum absolute atomic E-state index is 12.2. The van der Waals surface area contributed by atoms with Crippen molar-refractivity contribution in [2.75, 3.05) is 32.3 Å². The van der Waals surface area contributed by atoms with Crippen LogP contribution in [0.4, 0.5) is 0 Å². The summed E-state index contributed by atoms with van der Waals surface area (Å²) in [4.78, 5) is 14.5. The Morgan fingerprint density at radius 3 is 2.57 bits per heavy atom. The highest BCUT2D eigenvalue weighted by Crippen LogP contribution is 2.50. The molecule has 1 aromatic rings. The van der Waals surface area contributed by atoms with Crippen LogP contribution in [-0.4, -0.2) is 53.3 Å². The Morgan fingerprint density at radius 2 is 1.96 bits per heavy atom. The largest absolute Gasteiger partial charge is 0.497 e. The maximum atomic E-state index is 12.2. The fourth-order valence-electron chi connectivity index (χ4n) is 3.23. The van der Waals surface area contributed by atoms with Crippen molar-refractivity contribution in [1.82, 2.24) is 4.90 Å². The van der Waals surface area contributed by atoms with Gasteiger partial charge in [-0.2, -0.15) is 0 Å². The van der Waals surface area contributed by atoms with E-state index in [1.807, 2.05) is 35.7 Å². The number of esters is 1. The van der Waals surface area contributed by atoms with Gasteiger partial charge in [0.15, 0.2) is 0 Å². The standard InChI is InChI=1S/C17H23NO3S2/c1-20-14-6-4-13(5-7-14)11-18-12-17(22-8-3-9-23-17)10-15(18)16(19)21-2/h4-7,15H,3,8-12H2,1-2H3/t15-/m1/s1. The molecule has 2 aliphatic heterocycles. The highest BCUT2D eigenvalue weighted by atomic mass is 32.2. The number of thioether (sulfide) groups is 2. The average Bonchev–Trinajstić information content (AvgIpc) is 2.93. The smallest absolute Gasteiger partial charge is 0.323 e. The van der Waals surface area contributed by atoms with Crippen LogP contribution in [-0.2, 0) is 16.1 Å². The van der Waals surface area contributed by atoms with E-state index < -0.39 is 0 Å². The number of benzene rings is 1. The molecule has 2 aliphatic rings. The first-order valence-corrected chi connectivity index (χ1v) is 9.86. The first kappa shape index (κ1) is 17.0. The van der Waals surface area contributed by atoms with Gasteiger partial charge < -0.3 is 9.47 Å². The van der Waals surface area contributed by atoms with Crippen LogP contribution in [0, 0.1) is 0 Å². The average molecular weight is 354 g/mol. The van der Waals surface area contributed by atoms with Gasteiger partial charge >= 0.3 is 5.97 Å². The van der Waals surface area contributed by atoms with Crippen LogP contribution >= 0.6 is 23.5 Å². The molecule has 0 unspecified atom stereocenters. The topological polar surface area (TPSA) is 38.8 Å². The summed E-state index contributed by atoms with van der Waals surface area (Å²) < 4.78 is 10.4. The molecule has 6 heteroatoms. The molecule has 0 N–H and O–H groups in total. The lowest BCUT2D eigenvalue weighted by Crippen LogP contribution is -2.36. The molecule has 126 valence electrons. The Balaban J connectivity index is 1.75. The number of methoxy groups -OCH3 is 2. The van der Waals surface area contributed by atoms with E-state index in [1.54, 1.807) is 7.11 Å². The zero-order valence-corrected chi connectivity index (χ0v) is 15.3. The summed E-state index contributed by atoms with van der Waals surface area (Å²) in [6.45, 7) is 1.71. The number of carbonyl (C=O) groups excluding carboxylic acids is 1. The zero-order chi connectivity index (χ0) is 16.3. The quantitative estimate of drug-likeness (QED) is 0.775. The molecule has 0 aliphatic carbocycles. The van der Waals surface area contributed by atoms with Gasteiger partial charge in [0.25, 0.3) is 0 Å². The van der Waals surface area contributed by atoms with Crippen LogP contribution in [0.15, 0.2) is 24.3 Å². The monoisotopic (exact) mass is 353 g/mol. The van der Waals surface area contributed by atoms with Crippen molar-refractivity contribution in [3.63, 3.8) is 0 Å². The number of nitrogens with zero attached hydrogens (tertiary/aromatic N) is 1. The first-order valence-electron chi connectivity index (χ1n) is 7.88. The SMILES string of the molecule is COC(=O)[C@H]1CC2(CN1Cc1ccc(OC)cc1)SCCCS2. The van der Waals surface area contributed by atoms with E-state index in [0.29, 0.717) is 0 Å². The lowest BCUT2D eigenvalue weighted by atomic mass is 10.1.